The fourth-order valence-corrected chi connectivity index (χ4v) is 7.56. The van der Waals surface area contributed by atoms with E-state index in [1.54, 1.807) is 18.2 Å². The molecule has 5 atom stereocenters. The van der Waals surface area contributed by atoms with Crippen molar-refractivity contribution in [3.8, 4) is 0 Å². The highest BCUT2D eigenvalue weighted by atomic mass is 35.5. The standard InChI is InChI=1S/C23H26ClN3O9P2/c24-23-25-17-9-14(21-20(29)19(28)18(36-21)11-35-38(33,34)12-37(30,31)32)5-6-16(17)22(26-23)27-8-7-13-3-1-2-4-15(13)10-27/h1-6,9,18-21,28-29H,7-8,10-12H2,(H,33,34)(H2,30,31,32)/t18-,19-,20-,21+/m1/s1. The number of halogens is 1. The first kappa shape index (κ1) is 27.6. The van der Waals surface area contributed by atoms with Gasteiger partial charge in [0.1, 0.15) is 30.2 Å². The van der Waals surface area contributed by atoms with Gasteiger partial charge in [-0.15, -0.1) is 0 Å². The summed E-state index contributed by atoms with van der Waals surface area (Å²) in [7, 11) is -9.47. The van der Waals surface area contributed by atoms with Crippen LogP contribution in [0.5, 0.6) is 0 Å². The molecule has 0 bridgehead atoms. The van der Waals surface area contributed by atoms with E-state index in [0.29, 0.717) is 23.4 Å². The number of aromatic nitrogens is 2. The molecule has 0 spiro atoms. The molecule has 2 aliphatic heterocycles. The Bertz CT molecular complexity index is 1450. The molecule has 1 saturated heterocycles. The van der Waals surface area contributed by atoms with Crippen molar-refractivity contribution in [3.63, 3.8) is 0 Å². The Kier molecular flexibility index (Phi) is 7.67. The number of fused-ring (bicyclic) bond motifs is 2. The fraction of sp³-hybridized carbons (Fsp3) is 0.391. The minimum atomic E-state index is -4.81. The van der Waals surface area contributed by atoms with Gasteiger partial charge in [-0.25, -0.2) is 4.98 Å². The maximum Gasteiger partial charge on any atom is 0.340 e. The third-order valence-corrected chi connectivity index (χ3v) is 10.2. The first-order valence-electron chi connectivity index (χ1n) is 11.7. The highest BCUT2D eigenvalue weighted by Gasteiger charge is 2.45. The Balaban J connectivity index is 1.36. The number of ether oxygens (including phenoxy) is 1. The number of rotatable bonds is 7. The van der Waals surface area contributed by atoms with Crippen molar-refractivity contribution >= 4 is 43.5 Å². The Morgan fingerprint density at radius 1 is 1.05 bits per heavy atom. The van der Waals surface area contributed by atoms with E-state index in [-0.39, 0.29) is 5.28 Å². The van der Waals surface area contributed by atoms with Crippen molar-refractivity contribution in [1.82, 2.24) is 9.97 Å². The first-order chi connectivity index (χ1) is 17.9. The van der Waals surface area contributed by atoms with E-state index in [4.69, 9.17) is 30.6 Å². The van der Waals surface area contributed by atoms with E-state index in [1.165, 1.54) is 11.1 Å². The van der Waals surface area contributed by atoms with Crippen LogP contribution < -0.4 is 4.90 Å². The Morgan fingerprint density at radius 2 is 1.79 bits per heavy atom. The number of benzene rings is 2. The lowest BCUT2D eigenvalue weighted by Crippen LogP contribution is -2.33. The smallest absolute Gasteiger partial charge is 0.340 e. The van der Waals surface area contributed by atoms with Crippen LogP contribution in [-0.2, 0) is 31.4 Å². The van der Waals surface area contributed by atoms with Crippen molar-refractivity contribution in [2.75, 3.05) is 24.0 Å². The third kappa shape index (κ3) is 5.95. The third-order valence-electron chi connectivity index (χ3n) is 6.60. The first-order valence-corrected chi connectivity index (χ1v) is 15.7. The van der Waals surface area contributed by atoms with E-state index in [2.05, 4.69) is 27.0 Å². The van der Waals surface area contributed by atoms with E-state index in [9.17, 15) is 24.2 Å². The van der Waals surface area contributed by atoms with Gasteiger partial charge in [0.15, 0.2) is 5.90 Å². The molecular formula is C23H26ClN3O9P2. The number of aliphatic hydroxyl groups excluding tert-OH is 2. The second-order valence-corrected chi connectivity index (χ2v) is 13.7. The van der Waals surface area contributed by atoms with Gasteiger partial charge in [0.05, 0.1) is 12.1 Å². The molecule has 0 aliphatic carbocycles. The van der Waals surface area contributed by atoms with Gasteiger partial charge in [0.2, 0.25) is 5.28 Å². The molecule has 15 heteroatoms. The number of aliphatic hydroxyl groups is 2. The van der Waals surface area contributed by atoms with Gasteiger partial charge in [0.25, 0.3) is 0 Å². The van der Waals surface area contributed by atoms with Crippen LogP contribution in [0, 0.1) is 0 Å². The van der Waals surface area contributed by atoms with Crippen LogP contribution in [0.1, 0.15) is 22.8 Å². The minimum Gasteiger partial charge on any atom is -0.387 e. The number of nitrogens with zero attached hydrogens (tertiary/aromatic N) is 3. The molecule has 1 fully saturated rings. The number of hydrogen-bond donors (Lipinski definition) is 5. The summed E-state index contributed by atoms with van der Waals surface area (Å²) in [6.07, 6.45) is -4.28. The quantitative estimate of drug-likeness (QED) is 0.202. The average molecular weight is 586 g/mol. The average Bonchev–Trinajstić information content (AvgIpc) is 3.13. The Labute approximate surface area is 222 Å². The predicted octanol–water partition coefficient (Wildman–Crippen LogP) is 2.34. The van der Waals surface area contributed by atoms with Gasteiger partial charge in [-0.3, -0.25) is 9.13 Å². The zero-order valence-corrected chi connectivity index (χ0v) is 22.4. The predicted molar refractivity (Wildman–Crippen MR) is 138 cm³/mol. The maximum atomic E-state index is 11.9. The molecule has 5 N–H and O–H groups in total. The summed E-state index contributed by atoms with van der Waals surface area (Å²) in [6, 6.07) is 13.4. The zero-order valence-electron chi connectivity index (χ0n) is 19.9. The normalized spacial score (nSPS) is 25.4. The molecule has 0 amide bonds. The monoisotopic (exact) mass is 585 g/mol. The number of hydrogen-bond acceptors (Lipinski definition) is 9. The molecule has 1 unspecified atom stereocenters. The van der Waals surface area contributed by atoms with Crippen LogP contribution in [0.3, 0.4) is 0 Å². The molecular weight excluding hydrogens is 560 g/mol. The van der Waals surface area contributed by atoms with Gasteiger partial charge >= 0.3 is 15.2 Å². The van der Waals surface area contributed by atoms with Gasteiger partial charge in [0, 0.05) is 18.5 Å². The lowest BCUT2D eigenvalue weighted by Gasteiger charge is -2.30. The van der Waals surface area contributed by atoms with Gasteiger partial charge < -0.3 is 39.1 Å². The van der Waals surface area contributed by atoms with Crippen LogP contribution in [-0.4, -0.2) is 72.2 Å². The second kappa shape index (κ2) is 10.6. The Hall–Kier alpha value is -1.95. The van der Waals surface area contributed by atoms with Gasteiger partial charge in [-0.1, -0.05) is 30.3 Å². The maximum absolute atomic E-state index is 11.9. The van der Waals surface area contributed by atoms with Crippen LogP contribution >= 0.6 is 26.8 Å². The van der Waals surface area contributed by atoms with Gasteiger partial charge in [-0.05, 0) is 46.8 Å². The van der Waals surface area contributed by atoms with Crippen molar-refractivity contribution in [3.05, 3.63) is 64.4 Å². The SMILES string of the molecule is O=P(O)(O)CP(=O)(O)OC[C@H]1O[C@@H](c2ccc3c(N4CCc5ccccc5C4)nc(Cl)nc3c2)[C@H](O)[C@@H]1O. The second-order valence-electron chi connectivity index (χ2n) is 9.35. The van der Waals surface area contributed by atoms with E-state index in [0.717, 1.165) is 18.4 Å². The van der Waals surface area contributed by atoms with E-state index in [1.807, 2.05) is 12.1 Å². The van der Waals surface area contributed by atoms with Crippen LogP contribution in [0.4, 0.5) is 5.82 Å². The van der Waals surface area contributed by atoms with Crippen LogP contribution in [0.15, 0.2) is 42.5 Å². The molecule has 3 aromatic rings. The summed E-state index contributed by atoms with van der Waals surface area (Å²) in [5.41, 5.74) is 3.47. The van der Waals surface area contributed by atoms with Crippen LogP contribution in [0.25, 0.3) is 10.9 Å². The van der Waals surface area contributed by atoms with E-state index >= 15 is 0 Å². The molecule has 38 heavy (non-hydrogen) atoms. The fourth-order valence-electron chi connectivity index (χ4n) is 4.82. The van der Waals surface area contributed by atoms with Crippen molar-refractivity contribution in [2.45, 2.75) is 37.4 Å². The summed E-state index contributed by atoms with van der Waals surface area (Å²) >= 11 is 6.27. The summed E-state index contributed by atoms with van der Waals surface area (Å²) in [6.45, 7) is 0.746. The molecule has 3 heterocycles. The van der Waals surface area contributed by atoms with Crippen molar-refractivity contribution < 1.29 is 43.3 Å². The summed E-state index contributed by atoms with van der Waals surface area (Å²) in [5.74, 6) is -0.700. The van der Waals surface area contributed by atoms with Crippen LogP contribution in [0.2, 0.25) is 5.28 Å². The van der Waals surface area contributed by atoms with Gasteiger partial charge in [-0.2, -0.15) is 4.98 Å². The molecule has 5 rings (SSSR count). The lowest BCUT2D eigenvalue weighted by molar-refractivity contribution is -0.0186. The van der Waals surface area contributed by atoms with E-state index < -0.39 is 52.1 Å². The highest BCUT2D eigenvalue weighted by molar-refractivity contribution is 7.70. The molecule has 1 aromatic heterocycles. The molecule has 0 saturated carbocycles. The largest absolute Gasteiger partial charge is 0.387 e. The topological polar surface area (TPSA) is 183 Å². The number of anilines is 1. The zero-order chi connectivity index (χ0) is 27.2. The lowest BCUT2D eigenvalue weighted by atomic mass is 9.98. The summed E-state index contributed by atoms with van der Waals surface area (Å²) < 4.78 is 33.5. The molecule has 0 radical (unpaired) electrons. The summed E-state index contributed by atoms with van der Waals surface area (Å²) in [5, 5.41) is 21.8. The van der Waals surface area contributed by atoms with Crippen molar-refractivity contribution in [2.24, 2.45) is 0 Å². The molecule has 2 aromatic carbocycles. The molecule has 204 valence electrons. The minimum absolute atomic E-state index is 0.0477. The Morgan fingerprint density at radius 3 is 2.53 bits per heavy atom. The molecule has 12 nitrogen and oxygen atoms in total. The highest BCUT2D eigenvalue weighted by Crippen LogP contribution is 2.55. The molecule has 2 aliphatic rings. The van der Waals surface area contributed by atoms with Crippen molar-refractivity contribution in [1.29, 1.82) is 0 Å². The summed E-state index contributed by atoms with van der Waals surface area (Å²) in [4.78, 5) is 38.5.